The summed E-state index contributed by atoms with van der Waals surface area (Å²) in [6, 6.07) is 3.44. The van der Waals surface area contributed by atoms with Crippen LogP contribution in [0.2, 0.25) is 0 Å². The predicted molar refractivity (Wildman–Crippen MR) is 114 cm³/mol. The van der Waals surface area contributed by atoms with E-state index in [1.165, 1.54) is 12.5 Å². The van der Waals surface area contributed by atoms with Gasteiger partial charge in [-0.3, -0.25) is 0 Å². The third-order valence-electron chi connectivity index (χ3n) is 5.69. The molecule has 2 aromatic heterocycles. The molecule has 1 atom stereocenters. The summed E-state index contributed by atoms with van der Waals surface area (Å²) in [7, 11) is 0. The van der Waals surface area contributed by atoms with Gasteiger partial charge in [-0.2, -0.15) is 25.5 Å². The van der Waals surface area contributed by atoms with Crippen LogP contribution < -0.4 is 20.2 Å². The van der Waals surface area contributed by atoms with Gasteiger partial charge in [0, 0.05) is 19.5 Å². The monoisotopic (exact) mass is 485 g/mol. The van der Waals surface area contributed by atoms with Crippen LogP contribution in [0.15, 0.2) is 22.9 Å². The van der Waals surface area contributed by atoms with Crippen molar-refractivity contribution in [3.8, 4) is 23.9 Å². The van der Waals surface area contributed by atoms with Crippen molar-refractivity contribution in [3.05, 3.63) is 18.3 Å². The lowest BCUT2D eigenvalue weighted by Crippen LogP contribution is -2.37. The van der Waals surface area contributed by atoms with Gasteiger partial charge in [0.15, 0.2) is 17.5 Å². The second-order valence-corrected chi connectivity index (χ2v) is 8.11. The number of nitriles is 2. The first kappa shape index (κ1) is 23.9. The summed E-state index contributed by atoms with van der Waals surface area (Å²) in [6.07, 6.45) is 4.01. The van der Waals surface area contributed by atoms with Gasteiger partial charge in [-0.15, -0.1) is 5.11 Å². The number of ether oxygens (including phenoxy) is 2. The number of anilines is 1. The van der Waals surface area contributed by atoms with E-state index in [9.17, 15) is 19.3 Å². The normalized spacial score (nSPS) is 19.3. The molecule has 15 heteroatoms. The SMILES string of the molecule is N#CC(C#N)c1nc(OCC2CC2(F)F)nc(N2CCC(COc3cncnc3N=NN)CC2)n1. The fourth-order valence-electron chi connectivity index (χ4n) is 3.52. The third-order valence-corrected chi connectivity index (χ3v) is 5.69. The number of nitrogens with zero attached hydrogens (tertiary/aromatic N) is 10. The molecule has 0 amide bonds. The molecule has 4 rings (SSSR count). The van der Waals surface area contributed by atoms with Crippen LogP contribution in [0.25, 0.3) is 0 Å². The average molecular weight is 485 g/mol. The third kappa shape index (κ3) is 5.81. The van der Waals surface area contributed by atoms with Gasteiger partial charge >= 0.3 is 6.01 Å². The van der Waals surface area contributed by atoms with Gasteiger partial charge in [-0.05, 0) is 18.8 Å². The Morgan fingerprint density at radius 1 is 1.17 bits per heavy atom. The molecule has 1 unspecified atom stereocenters. The Bertz CT molecular complexity index is 1140. The van der Waals surface area contributed by atoms with Gasteiger partial charge in [0.05, 0.1) is 30.9 Å². The number of halogens is 2. The van der Waals surface area contributed by atoms with Crippen LogP contribution in [0.4, 0.5) is 20.5 Å². The highest BCUT2D eigenvalue weighted by Crippen LogP contribution is 2.48. The number of aromatic nitrogens is 5. The van der Waals surface area contributed by atoms with Crippen molar-refractivity contribution in [2.75, 3.05) is 31.2 Å². The zero-order valence-electron chi connectivity index (χ0n) is 18.5. The molecule has 2 fully saturated rings. The molecule has 2 aromatic rings. The predicted octanol–water partition coefficient (Wildman–Crippen LogP) is 2.08. The molecule has 0 aromatic carbocycles. The smallest absolute Gasteiger partial charge is 0.321 e. The fraction of sp³-hybridized carbons (Fsp3) is 0.550. The van der Waals surface area contributed by atoms with E-state index in [2.05, 4.69) is 35.3 Å². The van der Waals surface area contributed by atoms with Crippen molar-refractivity contribution >= 4 is 11.8 Å². The lowest BCUT2D eigenvalue weighted by Gasteiger charge is -2.32. The Kier molecular flexibility index (Phi) is 7.05. The van der Waals surface area contributed by atoms with Crippen molar-refractivity contribution in [1.82, 2.24) is 24.9 Å². The highest BCUT2D eigenvalue weighted by molar-refractivity contribution is 5.41. The molecule has 1 saturated carbocycles. The lowest BCUT2D eigenvalue weighted by atomic mass is 9.98. The number of piperidine rings is 1. The Hall–Kier alpha value is -4.27. The maximum atomic E-state index is 13.2. The Labute approximate surface area is 198 Å². The number of nitrogens with two attached hydrogens (primary N) is 1. The summed E-state index contributed by atoms with van der Waals surface area (Å²) in [6.45, 7) is 1.25. The summed E-state index contributed by atoms with van der Waals surface area (Å²) in [5.74, 6) is 1.17. The van der Waals surface area contributed by atoms with Crippen molar-refractivity contribution in [1.29, 1.82) is 10.5 Å². The highest BCUT2D eigenvalue weighted by Gasteiger charge is 2.57. The molecule has 35 heavy (non-hydrogen) atoms. The van der Waals surface area contributed by atoms with Crippen molar-refractivity contribution < 1.29 is 18.3 Å². The fourth-order valence-corrected chi connectivity index (χ4v) is 3.52. The first-order valence-corrected chi connectivity index (χ1v) is 10.8. The first-order valence-electron chi connectivity index (χ1n) is 10.8. The second-order valence-electron chi connectivity index (χ2n) is 8.11. The highest BCUT2D eigenvalue weighted by atomic mass is 19.3. The lowest BCUT2D eigenvalue weighted by molar-refractivity contribution is 0.0841. The minimum absolute atomic E-state index is 0.0753. The summed E-state index contributed by atoms with van der Waals surface area (Å²) in [5.41, 5.74) is 0. The van der Waals surface area contributed by atoms with E-state index < -0.39 is 17.8 Å². The molecule has 0 radical (unpaired) electrons. The van der Waals surface area contributed by atoms with E-state index in [1.54, 1.807) is 0 Å². The van der Waals surface area contributed by atoms with E-state index in [4.69, 9.17) is 15.3 Å². The Morgan fingerprint density at radius 2 is 1.91 bits per heavy atom. The summed E-state index contributed by atoms with van der Waals surface area (Å²) >= 11 is 0. The van der Waals surface area contributed by atoms with E-state index in [1.807, 2.05) is 17.0 Å². The van der Waals surface area contributed by atoms with Gasteiger partial charge in [-0.1, -0.05) is 5.22 Å². The van der Waals surface area contributed by atoms with Crippen LogP contribution in [-0.4, -0.2) is 57.1 Å². The molecule has 2 N–H and O–H groups in total. The van der Waals surface area contributed by atoms with E-state index >= 15 is 0 Å². The summed E-state index contributed by atoms with van der Waals surface area (Å²) in [4.78, 5) is 22.3. The van der Waals surface area contributed by atoms with Gasteiger partial charge in [0.2, 0.25) is 11.8 Å². The Balaban J connectivity index is 1.40. The number of rotatable bonds is 9. The van der Waals surface area contributed by atoms with Crippen molar-refractivity contribution in [3.63, 3.8) is 0 Å². The van der Waals surface area contributed by atoms with Gasteiger partial charge < -0.3 is 20.2 Å². The van der Waals surface area contributed by atoms with Crippen molar-refractivity contribution in [2.45, 2.75) is 31.1 Å². The molecule has 1 saturated heterocycles. The van der Waals surface area contributed by atoms with Crippen LogP contribution in [0.3, 0.4) is 0 Å². The summed E-state index contributed by atoms with van der Waals surface area (Å²) in [5, 5.41) is 25.4. The van der Waals surface area contributed by atoms with Gasteiger partial charge in [-0.25, -0.2) is 18.7 Å². The quantitative estimate of drug-likeness (QED) is 0.311. The van der Waals surface area contributed by atoms with Crippen molar-refractivity contribution in [2.24, 2.45) is 28.0 Å². The van der Waals surface area contributed by atoms with Crippen LogP contribution in [-0.2, 0) is 0 Å². The molecule has 2 aliphatic rings. The largest absolute Gasteiger partial charge is 0.488 e. The molecule has 1 aliphatic heterocycles. The molecule has 3 heterocycles. The topological polar surface area (TPSA) is 184 Å². The first-order chi connectivity index (χ1) is 16.9. The van der Waals surface area contributed by atoms with Crippen LogP contribution in [0, 0.1) is 34.5 Å². The molecule has 0 bridgehead atoms. The second kappa shape index (κ2) is 10.3. The molecule has 182 valence electrons. The van der Waals surface area contributed by atoms with Crippen LogP contribution in [0.1, 0.15) is 31.0 Å². The van der Waals surface area contributed by atoms with E-state index in [0.29, 0.717) is 25.4 Å². The zero-order chi connectivity index (χ0) is 24.8. The minimum Gasteiger partial charge on any atom is -0.488 e. The van der Waals surface area contributed by atoms with Crippen LogP contribution >= 0.6 is 0 Å². The summed E-state index contributed by atoms with van der Waals surface area (Å²) < 4.78 is 37.6. The maximum absolute atomic E-state index is 13.2. The minimum atomic E-state index is -2.75. The Morgan fingerprint density at radius 3 is 2.57 bits per heavy atom. The molecule has 1 aliphatic carbocycles. The van der Waals surface area contributed by atoms with E-state index in [-0.39, 0.29) is 42.5 Å². The molecule has 13 nitrogen and oxygen atoms in total. The molecular formula is C20H21F2N11O2. The number of hydrogen-bond donors (Lipinski definition) is 1. The number of hydrogen-bond acceptors (Lipinski definition) is 12. The van der Waals surface area contributed by atoms with E-state index in [0.717, 1.165) is 12.8 Å². The van der Waals surface area contributed by atoms with Gasteiger partial charge in [0.25, 0.3) is 5.92 Å². The van der Waals surface area contributed by atoms with Gasteiger partial charge in [0.1, 0.15) is 12.9 Å². The molecule has 0 spiro atoms. The zero-order valence-corrected chi connectivity index (χ0v) is 18.5. The van der Waals surface area contributed by atoms with Crippen LogP contribution in [0.5, 0.6) is 11.8 Å². The standard InChI is InChI=1S/C20H21F2N11O2/c21-20(22)5-14(20)10-35-19-29-16(13(6-23)7-24)28-18(30-19)33-3-1-12(2-4-33)9-34-15-8-26-11-27-17(15)31-32-25/h8,11-14H,1-5,9-10H2,(H2,25,26,27,31). The number of alkyl halides is 2. The average Bonchev–Trinajstić information content (AvgIpc) is 3.49. The molecular weight excluding hydrogens is 464 g/mol. The maximum Gasteiger partial charge on any atom is 0.321 e.